The first-order chi connectivity index (χ1) is 15.5. The number of rotatable bonds is 12. The summed E-state index contributed by atoms with van der Waals surface area (Å²) in [5.41, 5.74) is 1.97. The number of aliphatic hydroxyl groups excluding tert-OH is 2. The zero-order valence-corrected chi connectivity index (χ0v) is 17.8. The van der Waals surface area contributed by atoms with Gasteiger partial charge in [0, 0.05) is 31.3 Å². The summed E-state index contributed by atoms with van der Waals surface area (Å²) in [4.78, 5) is 12.5. The predicted molar refractivity (Wildman–Crippen MR) is 122 cm³/mol. The topological polar surface area (TPSA) is 96.1 Å². The Bertz CT molecular complexity index is 951. The molecule has 0 fully saturated rings. The Labute approximate surface area is 187 Å². The molecule has 2 N–H and O–H groups in total. The molecule has 0 aliphatic heterocycles. The molecular weight excluding hydrogens is 408 g/mol. The Morgan fingerprint density at radius 2 is 1.53 bits per heavy atom. The van der Waals surface area contributed by atoms with Crippen LogP contribution in [-0.2, 0) is 13.0 Å². The molecule has 0 bridgehead atoms. The van der Waals surface area contributed by atoms with Gasteiger partial charge in [-0.25, -0.2) is 0 Å². The molecule has 0 saturated heterocycles. The fraction of sp³-hybridized carbons (Fsp3) is 0.280. The van der Waals surface area contributed by atoms with E-state index in [-0.39, 0.29) is 24.9 Å². The van der Waals surface area contributed by atoms with Gasteiger partial charge in [0.25, 0.3) is 5.69 Å². The maximum absolute atomic E-state index is 10.9. The van der Waals surface area contributed by atoms with Crippen LogP contribution in [0.15, 0.2) is 84.9 Å². The number of nitrogens with zero attached hydrogens (tertiary/aromatic N) is 2. The maximum atomic E-state index is 10.9. The molecule has 0 aromatic heterocycles. The normalized spacial score (nSPS) is 13.0. The van der Waals surface area contributed by atoms with Gasteiger partial charge < -0.3 is 14.9 Å². The zero-order chi connectivity index (χ0) is 22.8. The molecule has 0 heterocycles. The molecule has 7 heteroatoms. The van der Waals surface area contributed by atoms with E-state index in [0.29, 0.717) is 25.3 Å². The van der Waals surface area contributed by atoms with Gasteiger partial charge in [0.2, 0.25) is 0 Å². The lowest BCUT2D eigenvalue weighted by Gasteiger charge is -2.32. The van der Waals surface area contributed by atoms with Crippen molar-refractivity contribution in [1.29, 1.82) is 0 Å². The Morgan fingerprint density at radius 3 is 2.12 bits per heavy atom. The van der Waals surface area contributed by atoms with E-state index in [2.05, 4.69) is 0 Å². The van der Waals surface area contributed by atoms with E-state index in [0.717, 1.165) is 11.1 Å². The summed E-state index contributed by atoms with van der Waals surface area (Å²) in [6.07, 6.45) is -0.266. The highest BCUT2D eigenvalue weighted by atomic mass is 16.6. The molecule has 3 aromatic carbocycles. The van der Waals surface area contributed by atoms with Gasteiger partial charge >= 0.3 is 0 Å². The Hall–Kier alpha value is -3.26. The van der Waals surface area contributed by atoms with Gasteiger partial charge in [0.1, 0.15) is 18.5 Å². The molecule has 32 heavy (non-hydrogen) atoms. The summed E-state index contributed by atoms with van der Waals surface area (Å²) in [5, 5.41) is 31.7. The maximum Gasteiger partial charge on any atom is 0.269 e. The van der Waals surface area contributed by atoms with Crippen LogP contribution in [0.1, 0.15) is 11.1 Å². The number of para-hydroxylation sites is 1. The van der Waals surface area contributed by atoms with E-state index in [9.17, 15) is 20.3 Å². The summed E-state index contributed by atoms with van der Waals surface area (Å²) in [6.45, 7) is 0.864. The minimum Gasteiger partial charge on any atom is -0.491 e. The van der Waals surface area contributed by atoms with Crippen LogP contribution >= 0.6 is 0 Å². The van der Waals surface area contributed by atoms with Crippen LogP contribution in [0.2, 0.25) is 0 Å². The number of hydrogen-bond acceptors (Lipinski definition) is 6. The second-order valence-electron chi connectivity index (χ2n) is 7.66. The van der Waals surface area contributed by atoms with E-state index in [1.807, 2.05) is 65.6 Å². The second kappa shape index (κ2) is 12.0. The standard InChI is InChI=1S/C25H28N2O5/c28-18-23(15-20-11-13-22(14-12-20)27(30)31)26(16-21-7-3-1-4-8-21)17-24(29)19-32-25-9-5-2-6-10-25/h1-14,23-24,28-29H,15-19H2. The van der Waals surface area contributed by atoms with Crippen LogP contribution < -0.4 is 4.74 Å². The molecule has 2 atom stereocenters. The lowest BCUT2D eigenvalue weighted by atomic mass is 10.0. The first kappa shape index (κ1) is 23.4. The van der Waals surface area contributed by atoms with Crippen molar-refractivity contribution < 1.29 is 19.9 Å². The monoisotopic (exact) mass is 436 g/mol. The number of hydrogen-bond donors (Lipinski definition) is 2. The predicted octanol–water partition coefficient (Wildman–Crippen LogP) is 3.44. The third-order valence-corrected chi connectivity index (χ3v) is 5.20. The summed E-state index contributed by atoms with van der Waals surface area (Å²) < 4.78 is 5.68. The van der Waals surface area contributed by atoms with Crippen molar-refractivity contribution in [2.75, 3.05) is 19.8 Å². The number of nitro benzene ring substituents is 1. The molecule has 0 amide bonds. The molecule has 0 aliphatic carbocycles. The van der Waals surface area contributed by atoms with E-state index in [1.165, 1.54) is 12.1 Å². The van der Waals surface area contributed by atoms with Crippen molar-refractivity contribution in [3.05, 3.63) is 106 Å². The first-order valence-electron chi connectivity index (χ1n) is 10.5. The minimum atomic E-state index is -0.759. The van der Waals surface area contributed by atoms with Gasteiger partial charge in [-0.2, -0.15) is 0 Å². The van der Waals surface area contributed by atoms with Gasteiger partial charge in [-0.05, 0) is 29.7 Å². The summed E-state index contributed by atoms with van der Waals surface area (Å²) >= 11 is 0. The van der Waals surface area contributed by atoms with Gasteiger partial charge in [-0.1, -0.05) is 60.7 Å². The highest BCUT2D eigenvalue weighted by molar-refractivity contribution is 5.33. The molecule has 0 saturated carbocycles. The molecule has 3 rings (SSSR count). The smallest absolute Gasteiger partial charge is 0.269 e. The van der Waals surface area contributed by atoms with Gasteiger partial charge in [-0.15, -0.1) is 0 Å². The number of aliphatic hydroxyl groups is 2. The average molecular weight is 437 g/mol. The third kappa shape index (κ3) is 7.16. The van der Waals surface area contributed by atoms with Crippen LogP contribution in [0.25, 0.3) is 0 Å². The summed E-state index contributed by atoms with van der Waals surface area (Å²) in [5.74, 6) is 0.686. The Morgan fingerprint density at radius 1 is 0.906 bits per heavy atom. The van der Waals surface area contributed by atoms with E-state index in [1.54, 1.807) is 12.1 Å². The zero-order valence-electron chi connectivity index (χ0n) is 17.8. The summed E-state index contributed by atoms with van der Waals surface area (Å²) in [6, 6.07) is 25.2. The van der Waals surface area contributed by atoms with Gasteiger partial charge in [0.15, 0.2) is 0 Å². The number of non-ortho nitro benzene ring substituents is 1. The Kier molecular flexibility index (Phi) is 8.74. The molecule has 168 valence electrons. The van der Waals surface area contributed by atoms with Crippen molar-refractivity contribution in [3.8, 4) is 5.75 Å². The van der Waals surface area contributed by atoms with Gasteiger partial charge in [0.05, 0.1) is 11.5 Å². The third-order valence-electron chi connectivity index (χ3n) is 5.20. The lowest BCUT2D eigenvalue weighted by Crippen LogP contribution is -2.44. The first-order valence-corrected chi connectivity index (χ1v) is 10.5. The molecule has 2 unspecified atom stereocenters. The van der Waals surface area contributed by atoms with E-state index in [4.69, 9.17) is 4.74 Å². The average Bonchev–Trinajstić information content (AvgIpc) is 2.82. The van der Waals surface area contributed by atoms with E-state index >= 15 is 0 Å². The van der Waals surface area contributed by atoms with Crippen LogP contribution in [0.5, 0.6) is 5.75 Å². The van der Waals surface area contributed by atoms with Crippen molar-refractivity contribution in [1.82, 2.24) is 4.90 Å². The molecule has 0 aliphatic rings. The van der Waals surface area contributed by atoms with Crippen LogP contribution in [0.3, 0.4) is 0 Å². The molecule has 0 spiro atoms. The minimum absolute atomic E-state index is 0.0314. The van der Waals surface area contributed by atoms with Crippen molar-refractivity contribution in [2.45, 2.75) is 25.1 Å². The molecule has 7 nitrogen and oxygen atoms in total. The molecule has 3 aromatic rings. The quantitative estimate of drug-likeness (QED) is 0.334. The van der Waals surface area contributed by atoms with Crippen LogP contribution in [-0.4, -0.2) is 51.9 Å². The number of benzene rings is 3. The highest BCUT2D eigenvalue weighted by Crippen LogP contribution is 2.17. The fourth-order valence-corrected chi connectivity index (χ4v) is 3.53. The van der Waals surface area contributed by atoms with Crippen LogP contribution in [0.4, 0.5) is 5.69 Å². The summed E-state index contributed by atoms with van der Waals surface area (Å²) in [7, 11) is 0. The van der Waals surface area contributed by atoms with E-state index < -0.39 is 11.0 Å². The second-order valence-corrected chi connectivity index (χ2v) is 7.66. The lowest BCUT2D eigenvalue weighted by molar-refractivity contribution is -0.384. The fourth-order valence-electron chi connectivity index (χ4n) is 3.53. The van der Waals surface area contributed by atoms with Gasteiger partial charge in [-0.3, -0.25) is 15.0 Å². The van der Waals surface area contributed by atoms with Crippen LogP contribution in [0, 0.1) is 10.1 Å². The van der Waals surface area contributed by atoms with Crippen molar-refractivity contribution in [2.24, 2.45) is 0 Å². The molecule has 0 radical (unpaired) electrons. The van der Waals surface area contributed by atoms with Crippen molar-refractivity contribution >= 4 is 5.69 Å². The number of ether oxygens (including phenoxy) is 1. The molecular formula is C25H28N2O5. The van der Waals surface area contributed by atoms with Crippen molar-refractivity contribution in [3.63, 3.8) is 0 Å². The highest BCUT2D eigenvalue weighted by Gasteiger charge is 2.22. The number of nitro groups is 1. The largest absolute Gasteiger partial charge is 0.491 e. The Balaban J connectivity index is 1.69. The SMILES string of the molecule is O=[N+]([O-])c1ccc(CC(CO)N(Cc2ccccc2)CC(O)COc2ccccc2)cc1.